The number of amides is 2. The highest BCUT2D eigenvalue weighted by Crippen LogP contribution is 2.28. The van der Waals surface area contributed by atoms with Gasteiger partial charge in [0.15, 0.2) is 0 Å². The summed E-state index contributed by atoms with van der Waals surface area (Å²) in [5.41, 5.74) is 4.05. The fraction of sp³-hybridized carbons (Fsp3) is 0.240. The maximum atomic E-state index is 13.7. The number of benzene rings is 3. The second-order valence-corrected chi connectivity index (χ2v) is 7.05. The first-order valence-electron chi connectivity index (χ1n) is 9.93. The molecular weight excluding hydrogens is 344 g/mol. The number of anilines is 2. The summed E-state index contributed by atoms with van der Waals surface area (Å²) in [6, 6.07) is 28.2. The van der Waals surface area contributed by atoms with Crippen molar-refractivity contribution in [1.82, 2.24) is 4.90 Å². The van der Waals surface area contributed by atoms with Crippen LogP contribution in [0.4, 0.5) is 16.2 Å². The SMILES string of the molecule is CCCCN(Cc1ccccc1)C(=O)N(c1ccccc1)c1cccc(C)c1. The highest BCUT2D eigenvalue weighted by molar-refractivity contribution is 5.99. The van der Waals surface area contributed by atoms with Gasteiger partial charge in [0.2, 0.25) is 0 Å². The van der Waals surface area contributed by atoms with E-state index in [4.69, 9.17) is 0 Å². The third kappa shape index (κ3) is 5.01. The van der Waals surface area contributed by atoms with Crippen molar-refractivity contribution in [3.05, 3.63) is 96.1 Å². The van der Waals surface area contributed by atoms with E-state index in [2.05, 4.69) is 38.1 Å². The number of para-hydroxylation sites is 1. The molecule has 3 nitrogen and oxygen atoms in total. The molecule has 28 heavy (non-hydrogen) atoms. The van der Waals surface area contributed by atoms with E-state index < -0.39 is 0 Å². The summed E-state index contributed by atoms with van der Waals surface area (Å²) in [6.07, 6.45) is 2.03. The van der Waals surface area contributed by atoms with E-state index in [-0.39, 0.29) is 6.03 Å². The fourth-order valence-corrected chi connectivity index (χ4v) is 3.25. The number of hydrogen-bond acceptors (Lipinski definition) is 1. The van der Waals surface area contributed by atoms with Gasteiger partial charge in [0.05, 0.1) is 11.4 Å². The molecule has 0 saturated heterocycles. The Kier molecular flexibility index (Phi) is 6.85. The number of nitrogens with zero attached hydrogens (tertiary/aromatic N) is 2. The Morgan fingerprint density at radius 2 is 1.46 bits per heavy atom. The molecule has 0 atom stereocenters. The summed E-state index contributed by atoms with van der Waals surface area (Å²) < 4.78 is 0. The van der Waals surface area contributed by atoms with Crippen molar-refractivity contribution in [2.24, 2.45) is 0 Å². The van der Waals surface area contributed by atoms with Crippen LogP contribution in [0.1, 0.15) is 30.9 Å². The lowest BCUT2D eigenvalue weighted by atomic mass is 10.1. The average molecular weight is 373 g/mol. The van der Waals surface area contributed by atoms with Crippen molar-refractivity contribution in [2.75, 3.05) is 11.4 Å². The lowest BCUT2D eigenvalue weighted by molar-refractivity contribution is 0.203. The summed E-state index contributed by atoms with van der Waals surface area (Å²) in [6.45, 7) is 5.55. The van der Waals surface area contributed by atoms with Gasteiger partial charge in [-0.05, 0) is 48.7 Å². The Balaban J connectivity index is 1.97. The van der Waals surface area contributed by atoms with Gasteiger partial charge in [-0.25, -0.2) is 4.79 Å². The van der Waals surface area contributed by atoms with E-state index >= 15 is 0 Å². The molecule has 144 valence electrons. The minimum absolute atomic E-state index is 0.00843. The first kappa shape index (κ1) is 19.7. The molecule has 0 radical (unpaired) electrons. The van der Waals surface area contributed by atoms with Gasteiger partial charge >= 0.3 is 6.03 Å². The number of urea groups is 1. The summed E-state index contributed by atoms with van der Waals surface area (Å²) in [7, 11) is 0. The maximum Gasteiger partial charge on any atom is 0.329 e. The molecule has 3 rings (SSSR count). The number of unbranched alkanes of at least 4 members (excludes halogenated alkanes) is 1. The molecular formula is C25H28N2O. The van der Waals surface area contributed by atoms with Gasteiger partial charge in [-0.15, -0.1) is 0 Å². The van der Waals surface area contributed by atoms with Gasteiger partial charge in [0.25, 0.3) is 0 Å². The lowest BCUT2D eigenvalue weighted by Crippen LogP contribution is -2.41. The van der Waals surface area contributed by atoms with Crippen LogP contribution in [0.15, 0.2) is 84.9 Å². The normalized spacial score (nSPS) is 10.5. The van der Waals surface area contributed by atoms with E-state index in [9.17, 15) is 4.79 Å². The Labute approximate surface area is 168 Å². The Bertz CT molecular complexity index is 877. The largest absolute Gasteiger partial charge is 0.329 e. The van der Waals surface area contributed by atoms with E-state index in [0.717, 1.165) is 41.9 Å². The lowest BCUT2D eigenvalue weighted by Gasteiger charge is -2.31. The number of hydrogen-bond donors (Lipinski definition) is 0. The molecule has 0 aliphatic carbocycles. The molecule has 0 bridgehead atoms. The van der Waals surface area contributed by atoms with Crippen LogP contribution >= 0.6 is 0 Å². The molecule has 3 aromatic rings. The van der Waals surface area contributed by atoms with E-state index in [1.165, 1.54) is 0 Å². The minimum Gasteiger partial charge on any atom is -0.320 e. The maximum absolute atomic E-state index is 13.7. The topological polar surface area (TPSA) is 23.6 Å². The Morgan fingerprint density at radius 3 is 2.11 bits per heavy atom. The van der Waals surface area contributed by atoms with Crippen LogP contribution in [0, 0.1) is 6.92 Å². The summed E-state index contributed by atoms with van der Waals surface area (Å²) >= 11 is 0. The smallest absolute Gasteiger partial charge is 0.320 e. The van der Waals surface area contributed by atoms with Crippen LogP contribution in [0.2, 0.25) is 0 Å². The molecule has 0 N–H and O–H groups in total. The number of carbonyl (C=O) groups excluding carboxylic acids is 1. The minimum atomic E-state index is 0.00843. The first-order valence-corrected chi connectivity index (χ1v) is 9.93. The van der Waals surface area contributed by atoms with Gasteiger partial charge in [0.1, 0.15) is 0 Å². The third-order valence-electron chi connectivity index (χ3n) is 4.73. The standard InChI is InChI=1S/C25H28N2O/c1-3-4-18-26(20-22-13-7-5-8-14-22)25(28)27(23-15-9-6-10-16-23)24-17-11-12-21(2)19-24/h5-17,19H,3-4,18,20H2,1-2H3. The van der Waals surface area contributed by atoms with Gasteiger partial charge in [-0.3, -0.25) is 4.90 Å². The zero-order valence-electron chi connectivity index (χ0n) is 16.7. The van der Waals surface area contributed by atoms with Crippen molar-refractivity contribution in [3.8, 4) is 0 Å². The van der Waals surface area contributed by atoms with Gasteiger partial charge < -0.3 is 4.90 Å². The van der Waals surface area contributed by atoms with Crippen molar-refractivity contribution >= 4 is 17.4 Å². The van der Waals surface area contributed by atoms with E-state index in [1.807, 2.05) is 70.5 Å². The van der Waals surface area contributed by atoms with Gasteiger partial charge in [-0.1, -0.05) is 74.0 Å². The van der Waals surface area contributed by atoms with E-state index in [0.29, 0.717) is 6.54 Å². The highest BCUT2D eigenvalue weighted by Gasteiger charge is 2.24. The summed E-state index contributed by atoms with van der Waals surface area (Å²) in [5.74, 6) is 0. The van der Waals surface area contributed by atoms with Gasteiger partial charge in [0, 0.05) is 13.1 Å². The molecule has 0 saturated carbocycles. The summed E-state index contributed by atoms with van der Waals surface area (Å²) in [4.78, 5) is 17.5. The molecule has 0 aliphatic rings. The third-order valence-corrected chi connectivity index (χ3v) is 4.73. The molecule has 0 fully saturated rings. The van der Waals surface area contributed by atoms with Crippen LogP contribution in [0.5, 0.6) is 0 Å². The Morgan fingerprint density at radius 1 is 0.821 bits per heavy atom. The molecule has 0 aromatic heterocycles. The Hall–Kier alpha value is -3.07. The van der Waals surface area contributed by atoms with Crippen LogP contribution < -0.4 is 4.90 Å². The number of rotatable bonds is 7. The average Bonchev–Trinajstić information content (AvgIpc) is 2.73. The first-order chi connectivity index (χ1) is 13.7. The molecule has 0 spiro atoms. The zero-order valence-corrected chi connectivity index (χ0v) is 16.7. The molecule has 0 aliphatic heterocycles. The number of aryl methyl sites for hydroxylation is 1. The summed E-state index contributed by atoms with van der Waals surface area (Å²) in [5, 5.41) is 0. The molecule has 2 amide bonds. The number of carbonyl (C=O) groups is 1. The van der Waals surface area contributed by atoms with Crippen molar-refractivity contribution in [3.63, 3.8) is 0 Å². The van der Waals surface area contributed by atoms with Crippen LogP contribution in [0.3, 0.4) is 0 Å². The molecule has 0 unspecified atom stereocenters. The van der Waals surface area contributed by atoms with Gasteiger partial charge in [-0.2, -0.15) is 0 Å². The van der Waals surface area contributed by atoms with E-state index in [1.54, 1.807) is 0 Å². The van der Waals surface area contributed by atoms with Crippen molar-refractivity contribution in [1.29, 1.82) is 0 Å². The highest BCUT2D eigenvalue weighted by atomic mass is 16.2. The predicted molar refractivity (Wildman–Crippen MR) is 117 cm³/mol. The second-order valence-electron chi connectivity index (χ2n) is 7.05. The quantitative estimate of drug-likeness (QED) is 0.461. The van der Waals surface area contributed by atoms with Crippen LogP contribution in [-0.2, 0) is 6.54 Å². The van der Waals surface area contributed by atoms with Crippen molar-refractivity contribution < 1.29 is 4.79 Å². The predicted octanol–water partition coefficient (Wildman–Crippen LogP) is 6.56. The second kappa shape index (κ2) is 9.75. The van der Waals surface area contributed by atoms with Crippen LogP contribution in [-0.4, -0.2) is 17.5 Å². The van der Waals surface area contributed by atoms with Crippen molar-refractivity contribution in [2.45, 2.75) is 33.2 Å². The molecule has 3 heteroatoms. The fourth-order valence-electron chi connectivity index (χ4n) is 3.25. The monoisotopic (exact) mass is 372 g/mol. The zero-order chi connectivity index (χ0) is 19.8. The van der Waals surface area contributed by atoms with Crippen LogP contribution in [0.25, 0.3) is 0 Å². The molecule has 0 heterocycles. The molecule has 3 aromatic carbocycles.